The summed E-state index contributed by atoms with van der Waals surface area (Å²) in [6.07, 6.45) is -0.754. The third-order valence-corrected chi connectivity index (χ3v) is 2.87. The van der Waals surface area contributed by atoms with Crippen molar-refractivity contribution in [2.45, 2.75) is 20.0 Å². The molecule has 0 aliphatic rings. The van der Waals surface area contributed by atoms with E-state index in [0.717, 1.165) is 22.5 Å². The van der Waals surface area contributed by atoms with Gasteiger partial charge in [-0.2, -0.15) is 10.2 Å². The maximum Gasteiger partial charge on any atom is 0.125 e. The first kappa shape index (κ1) is 12.5. The van der Waals surface area contributed by atoms with Crippen LogP contribution in [0.25, 0.3) is 0 Å². The number of benzene rings is 1. The Morgan fingerprint density at radius 3 is 2.56 bits per heavy atom. The average molecular weight is 244 g/mol. The van der Waals surface area contributed by atoms with Crippen LogP contribution in [0.1, 0.15) is 28.6 Å². The highest BCUT2D eigenvalue weighted by Gasteiger charge is 2.18. The lowest BCUT2D eigenvalue weighted by molar-refractivity contribution is 0.213. The van der Waals surface area contributed by atoms with Crippen LogP contribution in [0.2, 0.25) is 0 Å². The molecule has 4 heteroatoms. The normalized spacial score (nSPS) is 12.2. The standard InChI is InChI=1S/C14H16N2O2/c1-9-8-12(10(2)16-15-9)14(17)11-6-4-5-7-13(11)18-3/h4-8,14,17H,1-3H3. The molecule has 1 heterocycles. The zero-order chi connectivity index (χ0) is 13.1. The number of aromatic nitrogens is 2. The number of rotatable bonds is 3. The van der Waals surface area contributed by atoms with Gasteiger partial charge in [-0.25, -0.2) is 0 Å². The summed E-state index contributed by atoms with van der Waals surface area (Å²) in [4.78, 5) is 0. The van der Waals surface area contributed by atoms with Crippen molar-refractivity contribution >= 4 is 0 Å². The Balaban J connectivity index is 2.47. The van der Waals surface area contributed by atoms with Gasteiger partial charge < -0.3 is 9.84 Å². The fraction of sp³-hybridized carbons (Fsp3) is 0.286. The van der Waals surface area contributed by atoms with E-state index in [9.17, 15) is 5.11 Å². The number of methoxy groups -OCH3 is 1. The molecule has 2 aromatic rings. The number of ether oxygens (including phenoxy) is 1. The first-order valence-electron chi connectivity index (χ1n) is 5.75. The lowest BCUT2D eigenvalue weighted by Gasteiger charge is -2.16. The van der Waals surface area contributed by atoms with Gasteiger partial charge in [0, 0.05) is 11.1 Å². The van der Waals surface area contributed by atoms with Crippen molar-refractivity contribution in [3.63, 3.8) is 0 Å². The minimum Gasteiger partial charge on any atom is -0.496 e. The van der Waals surface area contributed by atoms with Crippen LogP contribution in [0.3, 0.4) is 0 Å². The third-order valence-electron chi connectivity index (χ3n) is 2.87. The molecule has 1 N–H and O–H groups in total. The molecule has 0 saturated heterocycles. The molecule has 94 valence electrons. The van der Waals surface area contributed by atoms with Crippen molar-refractivity contribution in [1.82, 2.24) is 10.2 Å². The molecule has 0 fully saturated rings. The van der Waals surface area contributed by atoms with Crippen molar-refractivity contribution < 1.29 is 9.84 Å². The molecule has 0 saturated carbocycles. The van der Waals surface area contributed by atoms with Crippen LogP contribution in [-0.4, -0.2) is 22.4 Å². The molecule has 1 aromatic heterocycles. The third kappa shape index (κ3) is 2.33. The molecule has 18 heavy (non-hydrogen) atoms. The predicted octanol–water partition coefficient (Wildman–Crippen LogP) is 2.18. The lowest BCUT2D eigenvalue weighted by Crippen LogP contribution is -2.07. The highest BCUT2D eigenvalue weighted by atomic mass is 16.5. The smallest absolute Gasteiger partial charge is 0.125 e. The van der Waals surface area contributed by atoms with Crippen LogP contribution in [0.4, 0.5) is 0 Å². The molecule has 0 amide bonds. The SMILES string of the molecule is COc1ccccc1C(O)c1cc(C)nnc1C. The molecule has 0 bridgehead atoms. The van der Waals surface area contributed by atoms with Crippen LogP contribution in [0.5, 0.6) is 5.75 Å². The molecule has 1 unspecified atom stereocenters. The Morgan fingerprint density at radius 1 is 1.11 bits per heavy atom. The van der Waals surface area contributed by atoms with Gasteiger partial charge in [0.2, 0.25) is 0 Å². The zero-order valence-electron chi connectivity index (χ0n) is 10.7. The van der Waals surface area contributed by atoms with Gasteiger partial charge in [0.1, 0.15) is 11.9 Å². The van der Waals surface area contributed by atoms with E-state index >= 15 is 0 Å². The van der Waals surface area contributed by atoms with Crippen LogP contribution in [0, 0.1) is 13.8 Å². The molecule has 1 atom stereocenters. The Bertz CT molecular complexity index is 555. The maximum absolute atomic E-state index is 10.5. The fourth-order valence-electron chi connectivity index (χ4n) is 1.91. The van der Waals surface area contributed by atoms with Gasteiger partial charge in [-0.15, -0.1) is 0 Å². The van der Waals surface area contributed by atoms with E-state index in [1.807, 2.05) is 44.2 Å². The average Bonchev–Trinajstić information content (AvgIpc) is 2.40. The summed E-state index contributed by atoms with van der Waals surface area (Å²) in [7, 11) is 1.59. The molecule has 2 rings (SSSR count). The van der Waals surface area contributed by atoms with E-state index in [-0.39, 0.29) is 0 Å². The first-order chi connectivity index (χ1) is 8.63. The van der Waals surface area contributed by atoms with Gasteiger partial charge in [-0.3, -0.25) is 0 Å². The molecular weight excluding hydrogens is 228 g/mol. The van der Waals surface area contributed by atoms with Crippen molar-refractivity contribution in [1.29, 1.82) is 0 Å². The molecule has 0 aliphatic carbocycles. The molecule has 0 aliphatic heterocycles. The Kier molecular flexibility index (Phi) is 3.58. The van der Waals surface area contributed by atoms with Gasteiger partial charge >= 0.3 is 0 Å². The topological polar surface area (TPSA) is 55.2 Å². The summed E-state index contributed by atoms with van der Waals surface area (Å²) in [6, 6.07) is 9.27. The number of hydrogen-bond donors (Lipinski definition) is 1. The van der Waals surface area contributed by atoms with Crippen LogP contribution < -0.4 is 4.74 Å². The molecule has 4 nitrogen and oxygen atoms in total. The first-order valence-corrected chi connectivity index (χ1v) is 5.75. The van der Waals surface area contributed by atoms with Gasteiger partial charge in [-0.05, 0) is 26.0 Å². The van der Waals surface area contributed by atoms with E-state index in [2.05, 4.69) is 10.2 Å². The summed E-state index contributed by atoms with van der Waals surface area (Å²) >= 11 is 0. The molecular formula is C14H16N2O2. The van der Waals surface area contributed by atoms with Gasteiger partial charge in [-0.1, -0.05) is 18.2 Å². The van der Waals surface area contributed by atoms with Gasteiger partial charge in [0.15, 0.2) is 0 Å². The summed E-state index contributed by atoms with van der Waals surface area (Å²) in [5.74, 6) is 0.666. The molecule has 0 radical (unpaired) electrons. The molecule has 1 aromatic carbocycles. The number of aliphatic hydroxyl groups is 1. The van der Waals surface area contributed by atoms with E-state index in [1.54, 1.807) is 7.11 Å². The molecule has 0 spiro atoms. The van der Waals surface area contributed by atoms with Crippen molar-refractivity contribution in [3.8, 4) is 5.75 Å². The second-order valence-corrected chi connectivity index (χ2v) is 4.17. The van der Waals surface area contributed by atoms with Crippen LogP contribution in [-0.2, 0) is 0 Å². The number of aryl methyl sites for hydroxylation is 2. The second kappa shape index (κ2) is 5.14. The van der Waals surface area contributed by atoms with E-state index < -0.39 is 6.10 Å². The van der Waals surface area contributed by atoms with Crippen LogP contribution in [0.15, 0.2) is 30.3 Å². The van der Waals surface area contributed by atoms with Crippen molar-refractivity contribution in [3.05, 3.63) is 52.8 Å². The number of para-hydroxylation sites is 1. The number of hydrogen-bond acceptors (Lipinski definition) is 4. The second-order valence-electron chi connectivity index (χ2n) is 4.17. The highest BCUT2D eigenvalue weighted by molar-refractivity contribution is 5.41. The summed E-state index contributed by atoms with van der Waals surface area (Å²) < 4.78 is 5.26. The summed E-state index contributed by atoms with van der Waals surface area (Å²) in [5, 5.41) is 18.5. The quantitative estimate of drug-likeness (QED) is 0.899. The number of nitrogens with zero attached hydrogens (tertiary/aromatic N) is 2. The zero-order valence-corrected chi connectivity index (χ0v) is 10.7. The Morgan fingerprint density at radius 2 is 1.83 bits per heavy atom. The van der Waals surface area contributed by atoms with E-state index in [0.29, 0.717) is 5.75 Å². The van der Waals surface area contributed by atoms with Crippen molar-refractivity contribution in [2.24, 2.45) is 0 Å². The van der Waals surface area contributed by atoms with Crippen LogP contribution >= 0.6 is 0 Å². The summed E-state index contributed by atoms with van der Waals surface area (Å²) in [5.41, 5.74) is 2.99. The highest BCUT2D eigenvalue weighted by Crippen LogP contribution is 2.30. The Labute approximate surface area is 106 Å². The largest absolute Gasteiger partial charge is 0.496 e. The van der Waals surface area contributed by atoms with Gasteiger partial charge in [0.25, 0.3) is 0 Å². The van der Waals surface area contributed by atoms with E-state index in [4.69, 9.17) is 4.74 Å². The van der Waals surface area contributed by atoms with E-state index in [1.165, 1.54) is 0 Å². The maximum atomic E-state index is 10.5. The lowest BCUT2D eigenvalue weighted by atomic mass is 9.99. The predicted molar refractivity (Wildman–Crippen MR) is 68.6 cm³/mol. The van der Waals surface area contributed by atoms with Crippen molar-refractivity contribution in [2.75, 3.05) is 7.11 Å². The fourth-order valence-corrected chi connectivity index (χ4v) is 1.91. The Hall–Kier alpha value is -1.94. The minimum absolute atomic E-state index is 0.666. The monoisotopic (exact) mass is 244 g/mol. The van der Waals surface area contributed by atoms with Gasteiger partial charge in [0.05, 0.1) is 18.5 Å². The minimum atomic E-state index is -0.754. The number of aliphatic hydroxyl groups excluding tert-OH is 1. The summed E-state index contributed by atoms with van der Waals surface area (Å²) in [6.45, 7) is 3.69.